The molecule has 0 fully saturated rings. The van der Waals surface area contributed by atoms with Gasteiger partial charge < -0.3 is 10.1 Å². The van der Waals surface area contributed by atoms with Crippen LogP contribution in [-0.2, 0) is 11.3 Å². The van der Waals surface area contributed by atoms with Gasteiger partial charge in [-0.25, -0.2) is 0 Å². The van der Waals surface area contributed by atoms with Crippen LogP contribution in [0.15, 0.2) is 48.8 Å². The Morgan fingerprint density at radius 2 is 1.96 bits per heavy atom. The average Bonchev–Trinajstić information content (AvgIpc) is 2.55. The van der Waals surface area contributed by atoms with Crippen LogP contribution >= 0.6 is 0 Å². The second-order valence-electron chi connectivity index (χ2n) is 5.29. The van der Waals surface area contributed by atoms with Crippen molar-refractivity contribution in [2.45, 2.75) is 25.7 Å². The molecule has 0 spiro atoms. The minimum Gasteiger partial charge on any atom is -0.367 e. The molecule has 1 heterocycles. The first-order chi connectivity index (χ1) is 11.3. The van der Waals surface area contributed by atoms with Crippen LogP contribution in [0, 0.1) is 0 Å². The summed E-state index contributed by atoms with van der Waals surface area (Å²) in [6, 6.07) is 9.68. The number of aromatic nitrogens is 1. The standard InChI is InChI=1S/C17H17F3N2O2/c1-12(15-3-2-8-21-9-15)22-16(23)14-6-4-13(5-7-14)10-24-11-17(18,19)20/h2-9,12H,10-11H2,1H3,(H,22,23). The first kappa shape index (κ1) is 17.9. The van der Waals surface area contributed by atoms with Gasteiger partial charge in [0.1, 0.15) is 6.61 Å². The van der Waals surface area contributed by atoms with Gasteiger partial charge in [-0.2, -0.15) is 13.2 Å². The molecule has 4 nitrogen and oxygen atoms in total. The number of nitrogens with one attached hydrogen (secondary N) is 1. The molecule has 24 heavy (non-hydrogen) atoms. The van der Waals surface area contributed by atoms with E-state index in [1.165, 1.54) is 0 Å². The Kier molecular flexibility index (Phi) is 5.92. The molecule has 1 N–H and O–H groups in total. The number of hydrogen-bond donors (Lipinski definition) is 1. The van der Waals surface area contributed by atoms with Crippen LogP contribution in [0.3, 0.4) is 0 Å². The molecule has 1 aromatic heterocycles. The molecule has 1 atom stereocenters. The van der Waals surface area contributed by atoms with Gasteiger partial charge in [-0.3, -0.25) is 9.78 Å². The monoisotopic (exact) mass is 338 g/mol. The third kappa shape index (κ3) is 5.66. The number of hydrogen-bond acceptors (Lipinski definition) is 3. The molecule has 2 rings (SSSR count). The highest BCUT2D eigenvalue weighted by Gasteiger charge is 2.27. The number of pyridine rings is 1. The van der Waals surface area contributed by atoms with E-state index in [1.54, 1.807) is 42.7 Å². The Balaban J connectivity index is 1.89. The Morgan fingerprint density at radius 3 is 2.54 bits per heavy atom. The summed E-state index contributed by atoms with van der Waals surface area (Å²) in [5.41, 5.74) is 1.87. The summed E-state index contributed by atoms with van der Waals surface area (Å²) in [6.45, 7) is 0.389. The molecule has 0 aliphatic rings. The fourth-order valence-electron chi connectivity index (χ4n) is 2.03. The summed E-state index contributed by atoms with van der Waals surface area (Å²) in [7, 11) is 0. The number of benzene rings is 1. The number of alkyl halides is 3. The first-order valence-electron chi connectivity index (χ1n) is 7.29. The Labute approximate surface area is 137 Å². The maximum atomic E-state index is 12.2. The topological polar surface area (TPSA) is 51.2 Å². The minimum atomic E-state index is -4.34. The smallest absolute Gasteiger partial charge is 0.367 e. The van der Waals surface area contributed by atoms with Gasteiger partial charge >= 0.3 is 6.18 Å². The number of rotatable bonds is 6. The van der Waals surface area contributed by atoms with Crippen LogP contribution in [0.5, 0.6) is 0 Å². The van der Waals surface area contributed by atoms with Crippen molar-refractivity contribution in [2.24, 2.45) is 0 Å². The van der Waals surface area contributed by atoms with Gasteiger partial charge in [0, 0.05) is 18.0 Å². The van der Waals surface area contributed by atoms with Crippen molar-refractivity contribution in [3.63, 3.8) is 0 Å². The quantitative estimate of drug-likeness (QED) is 0.875. The third-order valence-electron chi connectivity index (χ3n) is 3.28. The summed E-state index contributed by atoms with van der Waals surface area (Å²) in [5, 5.41) is 2.84. The van der Waals surface area contributed by atoms with Crippen molar-refractivity contribution >= 4 is 5.91 Å². The molecule has 7 heteroatoms. The van der Waals surface area contributed by atoms with E-state index < -0.39 is 12.8 Å². The summed E-state index contributed by atoms with van der Waals surface area (Å²) in [5.74, 6) is -0.269. The van der Waals surface area contributed by atoms with Crippen molar-refractivity contribution in [3.05, 3.63) is 65.5 Å². The Morgan fingerprint density at radius 1 is 1.25 bits per heavy atom. The molecule has 1 unspecified atom stereocenters. The average molecular weight is 338 g/mol. The van der Waals surface area contributed by atoms with Crippen LogP contribution < -0.4 is 5.32 Å². The lowest BCUT2D eigenvalue weighted by molar-refractivity contribution is -0.176. The van der Waals surface area contributed by atoms with Crippen LogP contribution in [-0.4, -0.2) is 23.7 Å². The highest BCUT2D eigenvalue weighted by molar-refractivity contribution is 5.94. The Hall–Kier alpha value is -2.41. The molecule has 1 aromatic carbocycles. The van der Waals surface area contributed by atoms with Crippen LogP contribution in [0.1, 0.15) is 34.5 Å². The molecule has 2 aromatic rings. The first-order valence-corrected chi connectivity index (χ1v) is 7.29. The fraction of sp³-hybridized carbons (Fsp3) is 0.294. The van der Waals surface area contributed by atoms with E-state index in [-0.39, 0.29) is 18.6 Å². The van der Waals surface area contributed by atoms with Gasteiger partial charge in [0.15, 0.2) is 0 Å². The normalized spacial score (nSPS) is 12.7. The van der Waals surface area contributed by atoms with Crippen molar-refractivity contribution in [1.29, 1.82) is 0 Å². The molecule has 0 aliphatic carbocycles. The van der Waals surface area contributed by atoms with Crippen molar-refractivity contribution in [3.8, 4) is 0 Å². The molecule has 0 radical (unpaired) electrons. The van der Waals surface area contributed by atoms with E-state index in [2.05, 4.69) is 15.0 Å². The van der Waals surface area contributed by atoms with E-state index >= 15 is 0 Å². The lowest BCUT2D eigenvalue weighted by atomic mass is 10.1. The van der Waals surface area contributed by atoms with Crippen molar-refractivity contribution in [2.75, 3.05) is 6.61 Å². The van der Waals surface area contributed by atoms with Crippen molar-refractivity contribution < 1.29 is 22.7 Å². The number of nitrogens with zero attached hydrogens (tertiary/aromatic N) is 1. The number of halogens is 3. The SMILES string of the molecule is CC(NC(=O)c1ccc(COCC(F)(F)F)cc1)c1cccnc1. The summed E-state index contributed by atoms with van der Waals surface area (Å²) in [6.07, 6.45) is -1.02. The van der Waals surface area contributed by atoms with Crippen LogP contribution in [0.2, 0.25) is 0 Å². The van der Waals surface area contributed by atoms with Crippen LogP contribution in [0.4, 0.5) is 13.2 Å². The summed E-state index contributed by atoms with van der Waals surface area (Å²) < 4.78 is 40.6. The predicted octanol–water partition coefficient (Wildman–Crippen LogP) is 3.65. The lowest BCUT2D eigenvalue weighted by Gasteiger charge is -2.14. The zero-order valence-corrected chi connectivity index (χ0v) is 13.0. The van der Waals surface area contributed by atoms with E-state index in [4.69, 9.17) is 0 Å². The molecule has 128 valence electrons. The molecule has 1 amide bonds. The molecular formula is C17H17F3N2O2. The van der Waals surface area contributed by atoms with E-state index in [9.17, 15) is 18.0 Å². The molecule has 0 saturated heterocycles. The Bertz CT molecular complexity index is 658. The minimum absolute atomic E-state index is 0.159. The number of carbonyl (C=O) groups excluding carboxylic acids is 1. The molecule has 0 saturated carbocycles. The van der Waals surface area contributed by atoms with Gasteiger partial charge in [-0.1, -0.05) is 18.2 Å². The van der Waals surface area contributed by atoms with Crippen LogP contribution in [0.25, 0.3) is 0 Å². The second kappa shape index (κ2) is 7.92. The maximum absolute atomic E-state index is 12.2. The molecular weight excluding hydrogens is 321 g/mol. The van der Waals surface area contributed by atoms with Gasteiger partial charge in [-0.05, 0) is 36.2 Å². The largest absolute Gasteiger partial charge is 0.411 e. The second-order valence-corrected chi connectivity index (χ2v) is 5.29. The van der Waals surface area contributed by atoms with E-state index in [0.717, 1.165) is 5.56 Å². The van der Waals surface area contributed by atoms with E-state index in [0.29, 0.717) is 11.1 Å². The van der Waals surface area contributed by atoms with E-state index in [1.807, 2.05) is 13.0 Å². The molecule has 0 bridgehead atoms. The fourth-order valence-corrected chi connectivity index (χ4v) is 2.03. The lowest BCUT2D eigenvalue weighted by Crippen LogP contribution is -2.26. The van der Waals surface area contributed by atoms with Gasteiger partial charge in [0.2, 0.25) is 0 Å². The number of ether oxygens (including phenoxy) is 1. The van der Waals surface area contributed by atoms with Gasteiger partial charge in [0.25, 0.3) is 5.91 Å². The zero-order valence-electron chi connectivity index (χ0n) is 13.0. The van der Waals surface area contributed by atoms with Crippen molar-refractivity contribution in [1.82, 2.24) is 10.3 Å². The maximum Gasteiger partial charge on any atom is 0.411 e. The zero-order chi connectivity index (χ0) is 17.6. The third-order valence-corrected chi connectivity index (χ3v) is 3.28. The highest BCUT2D eigenvalue weighted by atomic mass is 19.4. The summed E-state index contributed by atoms with van der Waals surface area (Å²) in [4.78, 5) is 16.2. The summed E-state index contributed by atoms with van der Waals surface area (Å²) >= 11 is 0. The number of carbonyl (C=O) groups is 1. The number of amides is 1. The van der Waals surface area contributed by atoms with Gasteiger partial charge in [-0.15, -0.1) is 0 Å². The highest BCUT2D eigenvalue weighted by Crippen LogP contribution is 2.16. The molecule has 0 aliphatic heterocycles. The predicted molar refractivity (Wildman–Crippen MR) is 82.3 cm³/mol. The van der Waals surface area contributed by atoms with Gasteiger partial charge in [0.05, 0.1) is 12.6 Å².